The topological polar surface area (TPSA) is 32.3 Å². The van der Waals surface area contributed by atoms with E-state index in [2.05, 4.69) is 29.6 Å². The minimum atomic E-state index is 0.132. The van der Waals surface area contributed by atoms with Crippen LogP contribution >= 0.6 is 0 Å². The predicted octanol–water partition coefficient (Wildman–Crippen LogP) is 2.60. The number of aliphatic hydroxyl groups is 1. The van der Waals surface area contributed by atoms with Crippen molar-refractivity contribution in [3.63, 3.8) is 0 Å². The molecule has 17 heavy (non-hydrogen) atoms. The third-order valence-electron chi connectivity index (χ3n) is 3.92. The van der Waals surface area contributed by atoms with E-state index in [0.29, 0.717) is 0 Å². The summed E-state index contributed by atoms with van der Waals surface area (Å²) in [5.41, 5.74) is 2.77. The van der Waals surface area contributed by atoms with Crippen LogP contribution in [0.1, 0.15) is 48.8 Å². The molecule has 1 aromatic rings. The summed E-state index contributed by atoms with van der Waals surface area (Å²) in [7, 11) is 0. The molecule has 0 radical (unpaired) electrons. The lowest BCUT2D eigenvalue weighted by Crippen LogP contribution is -2.27. The van der Waals surface area contributed by atoms with Crippen LogP contribution in [-0.4, -0.2) is 18.3 Å². The Balaban J connectivity index is 1.74. The zero-order valence-electron chi connectivity index (χ0n) is 10.2. The second-order valence-corrected chi connectivity index (χ2v) is 5.49. The van der Waals surface area contributed by atoms with Gasteiger partial charge < -0.3 is 10.4 Å². The fourth-order valence-electron chi connectivity index (χ4n) is 2.50. The van der Waals surface area contributed by atoms with Crippen molar-refractivity contribution in [2.24, 2.45) is 5.92 Å². The van der Waals surface area contributed by atoms with Crippen molar-refractivity contribution in [2.75, 3.05) is 13.2 Å². The van der Waals surface area contributed by atoms with Gasteiger partial charge in [0, 0.05) is 0 Å². The Hall–Kier alpha value is -0.860. The summed E-state index contributed by atoms with van der Waals surface area (Å²) in [5, 5.41) is 13.1. The lowest BCUT2D eigenvalue weighted by molar-refractivity contribution is 0.243. The van der Waals surface area contributed by atoms with Gasteiger partial charge in [-0.15, -0.1) is 0 Å². The summed E-state index contributed by atoms with van der Waals surface area (Å²) < 4.78 is 0. The van der Waals surface area contributed by atoms with Crippen molar-refractivity contribution in [3.05, 3.63) is 35.4 Å². The van der Waals surface area contributed by atoms with Crippen molar-refractivity contribution >= 4 is 0 Å². The molecule has 2 heteroatoms. The molecule has 92 valence electrons. The molecule has 0 spiro atoms. The minimum absolute atomic E-state index is 0.132. The molecular weight excluding hydrogens is 210 g/mol. The maximum atomic E-state index is 9.58. The van der Waals surface area contributed by atoms with Gasteiger partial charge in [-0.1, -0.05) is 24.3 Å². The van der Waals surface area contributed by atoms with E-state index in [0.717, 1.165) is 18.4 Å². The monoisotopic (exact) mass is 231 g/mol. The Labute approximate surface area is 103 Å². The molecule has 1 atom stereocenters. The van der Waals surface area contributed by atoms with E-state index in [1.807, 2.05) is 0 Å². The highest BCUT2D eigenvalue weighted by atomic mass is 16.3. The number of hydrogen-bond donors (Lipinski definition) is 2. The summed E-state index contributed by atoms with van der Waals surface area (Å²) in [5.74, 6) is 1.61. The van der Waals surface area contributed by atoms with Gasteiger partial charge in [0.1, 0.15) is 0 Å². The summed E-state index contributed by atoms with van der Waals surface area (Å²) in [6.07, 6.45) is 5.35. The molecule has 2 aliphatic carbocycles. The number of nitrogens with one attached hydrogen (secondary N) is 1. The first-order valence-electron chi connectivity index (χ1n) is 6.81. The van der Waals surface area contributed by atoms with Crippen molar-refractivity contribution in [1.82, 2.24) is 5.32 Å². The van der Waals surface area contributed by atoms with Crippen molar-refractivity contribution < 1.29 is 5.11 Å². The molecule has 0 aliphatic heterocycles. The highest BCUT2D eigenvalue weighted by Gasteiger charge is 2.28. The van der Waals surface area contributed by atoms with E-state index in [1.165, 1.54) is 36.8 Å². The normalized spacial score (nSPS) is 21.5. The fourth-order valence-corrected chi connectivity index (χ4v) is 2.50. The van der Waals surface area contributed by atoms with Crippen LogP contribution < -0.4 is 5.32 Å². The molecule has 0 saturated heterocycles. The number of hydrogen-bond acceptors (Lipinski definition) is 2. The first-order valence-corrected chi connectivity index (χ1v) is 6.81. The summed E-state index contributed by atoms with van der Waals surface area (Å²) >= 11 is 0. The summed E-state index contributed by atoms with van der Waals surface area (Å²) in [6, 6.07) is 8.74. The lowest BCUT2D eigenvalue weighted by Gasteiger charge is -2.20. The molecule has 3 rings (SSSR count). The van der Waals surface area contributed by atoms with Gasteiger partial charge in [0.2, 0.25) is 0 Å². The van der Waals surface area contributed by atoms with Crippen LogP contribution in [0.3, 0.4) is 0 Å². The van der Waals surface area contributed by atoms with Crippen LogP contribution in [-0.2, 0) is 0 Å². The summed E-state index contributed by atoms with van der Waals surface area (Å²) in [6.45, 7) is 1.26. The Morgan fingerprint density at radius 1 is 1.18 bits per heavy atom. The minimum Gasteiger partial charge on any atom is -0.394 e. The molecule has 1 aromatic carbocycles. The molecule has 0 bridgehead atoms. The van der Waals surface area contributed by atoms with Crippen LogP contribution in [0.15, 0.2) is 24.3 Å². The van der Waals surface area contributed by atoms with Crippen molar-refractivity contribution in [2.45, 2.75) is 37.6 Å². The van der Waals surface area contributed by atoms with Crippen molar-refractivity contribution in [3.8, 4) is 0 Å². The lowest BCUT2D eigenvalue weighted by atomic mass is 9.97. The Kier molecular flexibility index (Phi) is 3.17. The Morgan fingerprint density at radius 3 is 2.59 bits per heavy atom. The fraction of sp³-hybridized carbons (Fsp3) is 0.600. The molecule has 0 aromatic heterocycles. The number of aliphatic hydroxyl groups excluding tert-OH is 1. The molecule has 2 fully saturated rings. The average Bonchev–Trinajstić information content (AvgIpc) is 3.24. The van der Waals surface area contributed by atoms with Gasteiger partial charge in [0.05, 0.1) is 12.6 Å². The molecule has 2 N–H and O–H groups in total. The van der Waals surface area contributed by atoms with Gasteiger partial charge in [-0.05, 0) is 55.2 Å². The van der Waals surface area contributed by atoms with Crippen LogP contribution in [0.2, 0.25) is 0 Å². The molecule has 1 unspecified atom stereocenters. The molecule has 2 saturated carbocycles. The first kappa shape index (κ1) is 11.2. The standard InChI is InChI=1S/C15H21NO/c17-10-15(16-9-11-5-6-11)14-4-2-1-3-13(14)12-7-8-12/h1-4,11-12,15-17H,5-10H2. The van der Waals surface area contributed by atoms with Gasteiger partial charge in [0.25, 0.3) is 0 Å². The van der Waals surface area contributed by atoms with Crippen molar-refractivity contribution in [1.29, 1.82) is 0 Å². The van der Waals surface area contributed by atoms with Gasteiger partial charge in [-0.25, -0.2) is 0 Å². The van der Waals surface area contributed by atoms with E-state index in [9.17, 15) is 5.11 Å². The second kappa shape index (κ2) is 4.79. The molecule has 0 heterocycles. The molecular formula is C15H21NO. The average molecular weight is 231 g/mol. The van der Waals surface area contributed by atoms with E-state index in [4.69, 9.17) is 0 Å². The van der Waals surface area contributed by atoms with Gasteiger partial charge >= 0.3 is 0 Å². The maximum Gasteiger partial charge on any atom is 0.0626 e. The highest BCUT2D eigenvalue weighted by molar-refractivity contribution is 5.35. The van der Waals surface area contributed by atoms with E-state index in [-0.39, 0.29) is 12.6 Å². The largest absolute Gasteiger partial charge is 0.394 e. The predicted molar refractivity (Wildman–Crippen MR) is 69.0 cm³/mol. The van der Waals surface area contributed by atoms with E-state index in [1.54, 1.807) is 0 Å². The maximum absolute atomic E-state index is 9.58. The van der Waals surface area contributed by atoms with Crippen LogP contribution in [0.25, 0.3) is 0 Å². The smallest absolute Gasteiger partial charge is 0.0626 e. The van der Waals surface area contributed by atoms with Crippen LogP contribution in [0.5, 0.6) is 0 Å². The van der Waals surface area contributed by atoms with E-state index < -0.39 is 0 Å². The Bertz CT molecular complexity index is 382. The molecule has 0 amide bonds. The van der Waals surface area contributed by atoms with E-state index >= 15 is 0 Å². The van der Waals surface area contributed by atoms with Gasteiger partial charge in [-0.3, -0.25) is 0 Å². The zero-order valence-corrected chi connectivity index (χ0v) is 10.2. The van der Waals surface area contributed by atoms with Gasteiger partial charge in [0.15, 0.2) is 0 Å². The van der Waals surface area contributed by atoms with Crippen LogP contribution in [0, 0.1) is 5.92 Å². The summed E-state index contributed by atoms with van der Waals surface area (Å²) in [4.78, 5) is 0. The zero-order chi connectivity index (χ0) is 11.7. The quantitative estimate of drug-likeness (QED) is 0.788. The molecule has 2 aliphatic rings. The third kappa shape index (κ3) is 2.70. The number of rotatable bonds is 6. The Morgan fingerprint density at radius 2 is 1.94 bits per heavy atom. The third-order valence-corrected chi connectivity index (χ3v) is 3.92. The second-order valence-electron chi connectivity index (χ2n) is 5.49. The molecule has 2 nitrogen and oxygen atoms in total. The van der Waals surface area contributed by atoms with Crippen LogP contribution in [0.4, 0.5) is 0 Å². The highest BCUT2D eigenvalue weighted by Crippen LogP contribution is 2.43. The van der Waals surface area contributed by atoms with Gasteiger partial charge in [-0.2, -0.15) is 0 Å². The first-order chi connectivity index (χ1) is 8.38. The SMILES string of the molecule is OCC(NCC1CC1)c1ccccc1C1CC1. The number of benzene rings is 1.